The molecule has 1 atom stereocenters. The molecule has 27 heavy (non-hydrogen) atoms. The van der Waals surface area contributed by atoms with Crippen molar-refractivity contribution in [2.24, 2.45) is 0 Å². The SMILES string of the molecule is CC(Oc1ccccc1F)C(=O)NNC(=O)c1cncn1-c1ccccc1. The first kappa shape index (κ1) is 18.1. The first-order valence-corrected chi connectivity index (χ1v) is 8.15. The number of halogens is 1. The number of carbonyl (C=O) groups excluding carboxylic acids is 2. The van der Waals surface area contributed by atoms with E-state index < -0.39 is 23.7 Å². The summed E-state index contributed by atoms with van der Waals surface area (Å²) >= 11 is 0. The molecule has 0 aliphatic rings. The highest BCUT2D eigenvalue weighted by molar-refractivity contribution is 5.94. The van der Waals surface area contributed by atoms with Gasteiger partial charge in [0, 0.05) is 5.69 Å². The summed E-state index contributed by atoms with van der Waals surface area (Å²) < 4.78 is 20.4. The van der Waals surface area contributed by atoms with E-state index in [1.54, 1.807) is 10.6 Å². The van der Waals surface area contributed by atoms with Crippen LogP contribution in [0.25, 0.3) is 5.69 Å². The second-order valence-electron chi connectivity index (χ2n) is 5.62. The maximum atomic E-state index is 13.6. The molecule has 3 aromatic rings. The van der Waals surface area contributed by atoms with E-state index in [9.17, 15) is 14.0 Å². The van der Waals surface area contributed by atoms with Crippen molar-refractivity contribution in [2.45, 2.75) is 13.0 Å². The number of hydrogen-bond donors (Lipinski definition) is 2. The van der Waals surface area contributed by atoms with Crippen LogP contribution in [0, 0.1) is 5.82 Å². The third-order valence-electron chi connectivity index (χ3n) is 3.71. The van der Waals surface area contributed by atoms with Crippen LogP contribution in [0.5, 0.6) is 5.75 Å². The second-order valence-corrected chi connectivity index (χ2v) is 5.62. The molecule has 2 aromatic carbocycles. The Kier molecular flexibility index (Phi) is 5.46. The molecule has 7 nitrogen and oxygen atoms in total. The van der Waals surface area contributed by atoms with E-state index in [-0.39, 0.29) is 11.4 Å². The number of hydrogen-bond acceptors (Lipinski definition) is 4. The summed E-state index contributed by atoms with van der Waals surface area (Å²) in [5.74, 6) is -1.80. The molecular formula is C19H17FN4O3. The second kappa shape index (κ2) is 8.13. The van der Waals surface area contributed by atoms with Gasteiger partial charge in [-0.2, -0.15) is 0 Å². The average molecular weight is 368 g/mol. The number of benzene rings is 2. The first-order chi connectivity index (χ1) is 13.1. The van der Waals surface area contributed by atoms with Crippen molar-refractivity contribution >= 4 is 11.8 Å². The molecule has 0 aliphatic carbocycles. The lowest BCUT2D eigenvalue weighted by molar-refractivity contribution is -0.128. The van der Waals surface area contributed by atoms with Gasteiger partial charge in [0.15, 0.2) is 17.7 Å². The predicted molar refractivity (Wildman–Crippen MR) is 95.7 cm³/mol. The summed E-state index contributed by atoms with van der Waals surface area (Å²) in [6.45, 7) is 1.45. The lowest BCUT2D eigenvalue weighted by atomic mass is 10.3. The molecule has 2 N–H and O–H groups in total. The molecule has 138 valence electrons. The number of carbonyl (C=O) groups is 2. The highest BCUT2D eigenvalue weighted by Crippen LogP contribution is 2.17. The zero-order valence-electron chi connectivity index (χ0n) is 14.4. The number of rotatable bonds is 5. The average Bonchev–Trinajstić information content (AvgIpc) is 3.18. The molecule has 2 amide bonds. The Bertz CT molecular complexity index is 943. The van der Waals surface area contributed by atoms with Gasteiger partial charge in [0.1, 0.15) is 5.69 Å². The van der Waals surface area contributed by atoms with E-state index in [4.69, 9.17) is 4.74 Å². The fraction of sp³-hybridized carbons (Fsp3) is 0.105. The lowest BCUT2D eigenvalue weighted by Crippen LogP contribution is -2.47. The summed E-state index contributed by atoms with van der Waals surface area (Å²) in [6.07, 6.45) is 1.87. The van der Waals surface area contributed by atoms with Gasteiger partial charge in [0.2, 0.25) is 0 Å². The van der Waals surface area contributed by atoms with Crippen LogP contribution in [0.2, 0.25) is 0 Å². The minimum Gasteiger partial charge on any atom is -0.478 e. The minimum atomic E-state index is -1.01. The van der Waals surface area contributed by atoms with Crippen molar-refractivity contribution in [1.82, 2.24) is 20.4 Å². The molecule has 1 unspecified atom stereocenters. The molecule has 0 saturated heterocycles. The third kappa shape index (κ3) is 4.30. The van der Waals surface area contributed by atoms with E-state index in [0.29, 0.717) is 0 Å². The van der Waals surface area contributed by atoms with Gasteiger partial charge >= 0.3 is 0 Å². The maximum Gasteiger partial charge on any atom is 0.288 e. The molecule has 0 radical (unpaired) electrons. The largest absolute Gasteiger partial charge is 0.478 e. The van der Waals surface area contributed by atoms with Gasteiger partial charge in [-0.15, -0.1) is 0 Å². The molecule has 1 heterocycles. The molecule has 3 rings (SSSR count). The maximum absolute atomic E-state index is 13.6. The fourth-order valence-electron chi connectivity index (χ4n) is 2.33. The Morgan fingerprint density at radius 3 is 2.52 bits per heavy atom. The van der Waals surface area contributed by atoms with Gasteiger partial charge in [-0.25, -0.2) is 9.37 Å². The molecule has 0 fully saturated rings. The molecule has 0 spiro atoms. The zero-order chi connectivity index (χ0) is 19.2. The van der Waals surface area contributed by atoms with Crippen LogP contribution >= 0.6 is 0 Å². The van der Waals surface area contributed by atoms with Crippen molar-refractivity contribution < 1.29 is 18.7 Å². The van der Waals surface area contributed by atoms with E-state index in [0.717, 1.165) is 5.69 Å². The van der Waals surface area contributed by atoms with Crippen LogP contribution < -0.4 is 15.6 Å². The molecule has 0 aliphatic heterocycles. The number of nitrogens with zero attached hydrogens (tertiary/aromatic N) is 2. The van der Waals surface area contributed by atoms with Crippen molar-refractivity contribution in [3.05, 3.63) is 78.6 Å². The topological polar surface area (TPSA) is 85.2 Å². The Morgan fingerprint density at radius 1 is 1.07 bits per heavy atom. The van der Waals surface area contributed by atoms with Crippen LogP contribution in [0.4, 0.5) is 4.39 Å². The van der Waals surface area contributed by atoms with E-state index >= 15 is 0 Å². The number of para-hydroxylation sites is 2. The highest BCUT2D eigenvalue weighted by atomic mass is 19.1. The van der Waals surface area contributed by atoms with Crippen LogP contribution in [0.1, 0.15) is 17.4 Å². The van der Waals surface area contributed by atoms with Gasteiger partial charge in [-0.05, 0) is 31.2 Å². The number of imidazole rings is 1. The molecule has 0 bridgehead atoms. The number of aromatic nitrogens is 2. The smallest absolute Gasteiger partial charge is 0.288 e. The van der Waals surface area contributed by atoms with E-state index in [1.165, 1.54) is 37.6 Å². The number of ether oxygens (including phenoxy) is 1. The van der Waals surface area contributed by atoms with Crippen LogP contribution in [-0.2, 0) is 4.79 Å². The first-order valence-electron chi connectivity index (χ1n) is 8.15. The Morgan fingerprint density at radius 2 is 1.78 bits per heavy atom. The molecular weight excluding hydrogens is 351 g/mol. The van der Waals surface area contributed by atoms with Crippen LogP contribution in [0.15, 0.2) is 67.1 Å². The number of hydrazine groups is 1. The van der Waals surface area contributed by atoms with Gasteiger partial charge in [0.25, 0.3) is 11.8 Å². The summed E-state index contributed by atoms with van der Waals surface area (Å²) in [6, 6.07) is 14.9. The Hall–Kier alpha value is -3.68. The lowest BCUT2D eigenvalue weighted by Gasteiger charge is -2.15. The van der Waals surface area contributed by atoms with Gasteiger partial charge in [0.05, 0.1) is 12.5 Å². The number of amides is 2. The van der Waals surface area contributed by atoms with Gasteiger partial charge < -0.3 is 4.74 Å². The third-order valence-corrected chi connectivity index (χ3v) is 3.71. The van der Waals surface area contributed by atoms with Gasteiger partial charge in [-0.1, -0.05) is 30.3 Å². The highest BCUT2D eigenvalue weighted by Gasteiger charge is 2.19. The monoisotopic (exact) mass is 368 g/mol. The molecule has 8 heteroatoms. The molecule has 0 saturated carbocycles. The summed E-state index contributed by atoms with van der Waals surface area (Å²) in [4.78, 5) is 28.4. The summed E-state index contributed by atoms with van der Waals surface area (Å²) in [7, 11) is 0. The van der Waals surface area contributed by atoms with Gasteiger partial charge in [-0.3, -0.25) is 25.0 Å². The van der Waals surface area contributed by atoms with Crippen LogP contribution in [0.3, 0.4) is 0 Å². The Labute approximate surface area is 154 Å². The van der Waals surface area contributed by atoms with E-state index in [2.05, 4.69) is 15.8 Å². The standard InChI is InChI=1S/C19H17FN4O3/c1-13(27-17-10-6-5-9-15(17)20)18(25)22-23-19(26)16-11-21-12-24(16)14-7-3-2-4-8-14/h2-13H,1H3,(H,22,25)(H,23,26). The van der Waals surface area contributed by atoms with Crippen molar-refractivity contribution in [2.75, 3.05) is 0 Å². The molecule has 1 aromatic heterocycles. The summed E-state index contributed by atoms with van der Waals surface area (Å²) in [5, 5.41) is 0. The quantitative estimate of drug-likeness (QED) is 0.677. The summed E-state index contributed by atoms with van der Waals surface area (Å²) in [5.41, 5.74) is 5.56. The minimum absolute atomic E-state index is 0.0476. The van der Waals surface area contributed by atoms with Crippen LogP contribution in [-0.4, -0.2) is 27.5 Å². The fourth-order valence-corrected chi connectivity index (χ4v) is 2.33. The van der Waals surface area contributed by atoms with E-state index in [1.807, 2.05) is 30.3 Å². The predicted octanol–water partition coefficient (Wildman–Crippen LogP) is 2.24. The normalized spacial score (nSPS) is 11.5. The van der Waals surface area contributed by atoms with Crippen molar-refractivity contribution in [3.8, 4) is 11.4 Å². The van der Waals surface area contributed by atoms with Crippen molar-refractivity contribution in [1.29, 1.82) is 0 Å². The zero-order valence-corrected chi connectivity index (χ0v) is 14.4. The number of nitrogens with one attached hydrogen (secondary N) is 2. The van der Waals surface area contributed by atoms with Crippen molar-refractivity contribution in [3.63, 3.8) is 0 Å². The Balaban J connectivity index is 1.60.